The van der Waals surface area contributed by atoms with E-state index < -0.39 is 0 Å². The molecule has 5 heteroatoms. The molecule has 5 rings (SSSR count). The van der Waals surface area contributed by atoms with E-state index in [1.807, 2.05) is 36.5 Å². The second kappa shape index (κ2) is 5.03. The monoisotopic (exact) mass is 311 g/mol. The molecule has 0 atom stereocenters. The molecule has 0 radical (unpaired) electrons. The van der Waals surface area contributed by atoms with Crippen LogP contribution in [0.1, 0.15) is 0 Å². The van der Waals surface area contributed by atoms with Crippen LogP contribution in [0.25, 0.3) is 44.6 Å². The van der Waals surface area contributed by atoms with Crippen molar-refractivity contribution >= 4 is 22.1 Å². The van der Waals surface area contributed by atoms with Crippen molar-refractivity contribution in [1.82, 2.24) is 25.1 Å². The van der Waals surface area contributed by atoms with Gasteiger partial charge in [0.25, 0.3) is 0 Å². The van der Waals surface area contributed by atoms with Crippen molar-refractivity contribution in [1.29, 1.82) is 0 Å². The molecule has 0 bridgehead atoms. The molecule has 0 saturated carbocycles. The Hall–Kier alpha value is -3.47. The van der Waals surface area contributed by atoms with Gasteiger partial charge in [-0.2, -0.15) is 5.10 Å². The molecule has 0 amide bonds. The van der Waals surface area contributed by atoms with Crippen molar-refractivity contribution in [2.75, 3.05) is 0 Å². The summed E-state index contributed by atoms with van der Waals surface area (Å²) in [5.74, 6) is 0. The first kappa shape index (κ1) is 13.0. The Bertz CT molecular complexity index is 1150. The van der Waals surface area contributed by atoms with E-state index >= 15 is 0 Å². The number of nitrogens with one attached hydrogen (secondary N) is 2. The molecule has 114 valence electrons. The van der Waals surface area contributed by atoms with Crippen LogP contribution in [0.15, 0.2) is 67.0 Å². The number of aromatic nitrogens is 5. The molecule has 0 saturated heterocycles. The van der Waals surface area contributed by atoms with Gasteiger partial charge in [0.05, 0.1) is 11.9 Å². The van der Waals surface area contributed by atoms with Crippen LogP contribution in [0.5, 0.6) is 0 Å². The lowest BCUT2D eigenvalue weighted by atomic mass is 10.1. The maximum absolute atomic E-state index is 4.81. The van der Waals surface area contributed by atoms with Crippen LogP contribution in [0.4, 0.5) is 0 Å². The van der Waals surface area contributed by atoms with Crippen molar-refractivity contribution in [2.45, 2.75) is 0 Å². The van der Waals surface area contributed by atoms with Crippen molar-refractivity contribution in [3.8, 4) is 22.5 Å². The second-order valence-corrected chi connectivity index (χ2v) is 5.67. The fourth-order valence-corrected chi connectivity index (χ4v) is 2.95. The molecular weight excluding hydrogens is 298 g/mol. The van der Waals surface area contributed by atoms with E-state index in [2.05, 4.69) is 44.4 Å². The summed E-state index contributed by atoms with van der Waals surface area (Å²) in [7, 11) is 0. The lowest BCUT2D eigenvalue weighted by molar-refractivity contribution is 1.10. The first-order chi connectivity index (χ1) is 11.9. The van der Waals surface area contributed by atoms with Crippen LogP contribution in [0, 0.1) is 0 Å². The zero-order chi connectivity index (χ0) is 15.9. The number of rotatable bonds is 2. The van der Waals surface area contributed by atoms with Crippen LogP contribution in [0.2, 0.25) is 0 Å². The number of hydrogen-bond donors (Lipinski definition) is 2. The van der Waals surface area contributed by atoms with Gasteiger partial charge in [0.2, 0.25) is 0 Å². The summed E-state index contributed by atoms with van der Waals surface area (Å²) in [6.07, 6.45) is 3.72. The summed E-state index contributed by atoms with van der Waals surface area (Å²) in [6.45, 7) is 0. The Morgan fingerprint density at radius 1 is 0.875 bits per heavy atom. The fraction of sp³-hybridized carbons (Fsp3) is 0. The molecule has 0 fully saturated rings. The summed E-state index contributed by atoms with van der Waals surface area (Å²) in [5, 5.41) is 8.51. The number of aromatic amines is 2. The molecular formula is C19H13N5. The van der Waals surface area contributed by atoms with Crippen LogP contribution < -0.4 is 0 Å². The molecule has 2 N–H and O–H groups in total. The third-order valence-corrected chi connectivity index (χ3v) is 4.17. The van der Waals surface area contributed by atoms with E-state index in [0.29, 0.717) is 5.65 Å². The summed E-state index contributed by atoms with van der Waals surface area (Å²) < 4.78 is 0. The summed E-state index contributed by atoms with van der Waals surface area (Å²) in [5.41, 5.74) is 6.31. The van der Waals surface area contributed by atoms with Crippen molar-refractivity contribution in [3.63, 3.8) is 0 Å². The zero-order valence-electron chi connectivity index (χ0n) is 12.7. The lowest BCUT2D eigenvalue weighted by Gasteiger charge is -2.02. The first-order valence-electron chi connectivity index (χ1n) is 7.72. The Kier molecular flexibility index (Phi) is 2.72. The van der Waals surface area contributed by atoms with Gasteiger partial charge in [0, 0.05) is 28.2 Å². The fourth-order valence-electron chi connectivity index (χ4n) is 2.95. The quantitative estimate of drug-likeness (QED) is 0.514. The van der Waals surface area contributed by atoms with Gasteiger partial charge in [-0.3, -0.25) is 5.10 Å². The van der Waals surface area contributed by atoms with Gasteiger partial charge in [-0.25, -0.2) is 9.97 Å². The molecule has 5 aromatic rings. The maximum atomic E-state index is 4.81. The maximum Gasteiger partial charge on any atom is 0.174 e. The number of hydrogen-bond acceptors (Lipinski definition) is 3. The van der Waals surface area contributed by atoms with Gasteiger partial charge in [0.15, 0.2) is 5.65 Å². The van der Waals surface area contributed by atoms with Gasteiger partial charge in [-0.05, 0) is 18.2 Å². The van der Waals surface area contributed by atoms with Crippen molar-refractivity contribution in [2.24, 2.45) is 0 Å². The predicted octanol–water partition coefficient (Wildman–Crippen LogP) is 4.17. The number of benzene rings is 2. The highest BCUT2D eigenvalue weighted by atomic mass is 15.2. The highest BCUT2D eigenvalue weighted by Gasteiger charge is 2.12. The van der Waals surface area contributed by atoms with Gasteiger partial charge in [-0.15, -0.1) is 0 Å². The normalized spacial score (nSPS) is 11.3. The molecule has 2 aromatic carbocycles. The van der Waals surface area contributed by atoms with E-state index in [4.69, 9.17) is 4.98 Å². The predicted molar refractivity (Wildman–Crippen MR) is 94.4 cm³/mol. The van der Waals surface area contributed by atoms with E-state index in [0.717, 1.165) is 38.9 Å². The zero-order valence-corrected chi connectivity index (χ0v) is 12.7. The first-order valence-corrected chi connectivity index (χ1v) is 7.72. The Morgan fingerprint density at radius 3 is 2.71 bits per heavy atom. The average Bonchev–Trinajstić information content (AvgIpc) is 3.28. The Morgan fingerprint density at radius 2 is 1.79 bits per heavy atom. The largest absolute Gasteiger partial charge is 0.361 e. The molecule has 3 aromatic heterocycles. The van der Waals surface area contributed by atoms with Crippen LogP contribution in [-0.4, -0.2) is 25.1 Å². The topological polar surface area (TPSA) is 70.2 Å². The molecule has 24 heavy (non-hydrogen) atoms. The van der Waals surface area contributed by atoms with E-state index in [1.165, 1.54) is 0 Å². The average molecular weight is 311 g/mol. The molecule has 0 aliphatic heterocycles. The number of fused-ring (bicyclic) bond motifs is 2. The standard InChI is InChI=1S/C19H13N5/c1-2-4-12(5-3-1)17-18-19(24-23-17)21-11-16(22-18)13-6-7-15-14(10-13)8-9-20-15/h1-11,20H,(H,21,23,24). The number of nitrogens with zero attached hydrogens (tertiary/aromatic N) is 3. The van der Waals surface area contributed by atoms with Gasteiger partial charge < -0.3 is 4.98 Å². The Balaban J connectivity index is 1.69. The summed E-state index contributed by atoms with van der Waals surface area (Å²) in [4.78, 5) is 12.5. The lowest BCUT2D eigenvalue weighted by Crippen LogP contribution is -1.88. The number of H-pyrrole nitrogens is 2. The molecule has 0 aliphatic rings. The molecule has 0 aliphatic carbocycles. The van der Waals surface area contributed by atoms with E-state index in [-0.39, 0.29) is 0 Å². The minimum atomic E-state index is 0.695. The van der Waals surface area contributed by atoms with Crippen LogP contribution >= 0.6 is 0 Å². The van der Waals surface area contributed by atoms with Gasteiger partial charge in [-0.1, -0.05) is 36.4 Å². The minimum Gasteiger partial charge on any atom is -0.361 e. The summed E-state index contributed by atoms with van der Waals surface area (Å²) in [6, 6.07) is 18.3. The Labute approximate surface area is 137 Å². The third kappa shape index (κ3) is 1.99. The van der Waals surface area contributed by atoms with Crippen molar-refractivity contribution in [3.05, 3.63) is 67.0 Å². The smallest absolute Gasteiger partial charge is 0.174 e. The van der Waals surface area contributed by atoms with Gasteiger partial charge in [0.1, 0.15) is 11.2 Å². The summed E-state index contributed by atoms with van der Waals surface area (Å²) >= 11 is 0. The van der Waals surface area contributed by atoms with Crippen LogP contribution in [0.3, 0.4) is 0 Å². The van der Waals surface area contributed by atoms with E-state index in [9.17, 15) is 0 Å². The third-order valence-electron chi connectivity index (χ3n) is 4.17. The molecule has 0 unspecified atom stereocenters. The van der Waals surface area contributed by atoms with E-state index in [1.54, 1.807) is 6.20 Å². The molecule has 0 spiro atoms. The SMILES string of the molecule is c1ccc(-c2n[nH]c3ncc(-c4ccc5[nH]ccc5c4)nc23)cc1. The highest BCUT2D eigenvalue weighted by Crippen LogP contribution is 2.27. The van der Waals surface area contributed by atoms with Crippen LogP contribution in [-0.2, 0) is 0 Å². The molecule has 5 nitrogen and oxygen atoms in total. The minimum absolute atomic E-state index is 0.695. The molecule has 3 heterocycles. The van der Waals surface area contributed by atoms with Crippen molar-refractivity contribution < 1.29 is 0 Å². The highest BCUT2D eigenvalue weighted by molar-refractivity contribution is 5.89. The van der Waals surface area contributed by atoms with Gasteiger partial charge >= 0.3 is 0 Å². The second-order valence-electron chi connectivity index (χ2n) is 5.67.